The molecule has 9 nitrogen and oxygen atoms in total. The van der Waals surface area contributed by atoms with Crippen molar-refractivity contribution >= 4 is 38.3 Å². The van der Waals surface area contributed by atoms with Crippen LogP contribution in [0.25, 0.3) is 0 Å². The summed E-state index contributed by atoms with van der Waals surface area (Å²) in [6.45, 7) is 2.82. The summed E-state index contributed by atoms with van der Waals surface area (Å²) in [5, 5.41) is 11.9. The van der Waals surface area contributed by atoms with Crippen LogP contribution < -0.4 is 15.4 Å². The maximum atomic E-state index is 11.7. The van der Waals surface area contributed by atoms with Crippen LogP contribution in [-0.4, -0.2) is 43.5 Å². The number of aromatic nitrogens is 2. The molecule has 0 aliphatic heterocycles. The molecule has 0 aromatic carbocycles. The predicted molar refractivity (Wildman–Crippen MR) is 68.1 cm³/mol. The van der Waals surface area contributed by atoms with Crippen LogP contribution in [-0.2, 0) is 19.6 Å². The Hall–Kier alpha value is -1.59. The lowest BCUT2D eigenvalue weighted by molar-refractivity contribution is -0.119. The first-order valence-corrected chi connectivity index (χ1v) is 7.46. The number of hydrogen-bond donors (Lipinski definition) is 3. The van der Waals surface area contributed by atoms with Crippen LogP contribution in [0.15, 0.2) is 4.34 Å². The Labute approximate surface area is 113 Å². The summed E-state index contributed by atoms with van der Waals surface area (Å²) in [5.74, 6) is -0.609. The van der Waals surface area contributed by atoms with Gasteiger partial charge in [-0.25, -0.2) is 13.1 Å². The SMILES string of the molecule is CC(=O)NCCNS(=O)(=O)c1nnc(NC(C)=O)s1. The lowest BCUT2D eigenvalue weighted by atomic mass is 10.6. The van der Waals surface area contributed by atoms with Gasteiger partial charge in [-0.2, -0.15) is 0 Å². The standard InChI is InChI=1S/C8H13N5O4S2/c1-5(14)9-3-4-10-19(16,17)8-13-12-7(18-8)11-6(2)15/h10H,3-4H2,1-2H3,(H,9,14)(H,11,12,15). The van der Waals surface area contributed by atoms with Crippen molar-refractivity contribution in [3.63, 3.8) is 0 Å². The zero-order chi connectivity index (χ0) is 14.5. The molecule has 0 aliphatic carbocycles. The topological polar surface area (TPSA) is 130 Å². The van der Waals surface area contributed by atoms with Gasteiger partial charge in [0, 0.05) is 26.9 Å². The molecule has 0 bridgehead atoms. The number of amides is 2. The van der Waals surface area contributed by atoms with E-state index in [2.05, 4.69) is 25.6 Å². The number of carbonyl (C=O) groups excluding carboxylic acids is 2. The molecular formula is C8H13N5O4S2. The van der Waals surface area contributed by atoms with E-state index in [1.54, 1.807) is 0 Å². The van der Waals surface area contributed by atoms with Gasteiger partial charge in [-0.1, -0.05) is 11.3 Å². The molecule has 0 atom stereocenters. The molecule has 3 N–H and O–H groups in total. The maximum Gasteiger partial charge on any atom is 0.269 e. The lowest BCUT2D eigenvalue weighted by Gasteiger charge is -2.03. The number of nitrogens with one attached hydrogen (secondary N) is 3. The molecule has 106 valence electrons. The minimum atomic E-state index is -3.78. The minimum absolute atomic E-state index is 0.0387. The Bertz CT molecular complexity index is 567. The number of nitrogens with zero attached hydrogens (tertiary/aromatic N) is 2. The highest BCUT2D eigenvalue weighted by Gasteiger charge is 2.19. The summed E-state index contributed by atoms with van der Waals surface area (Å²) in [6.07, 6.45) is 0. The molecule has 0 saturated carbocycles. The summed E-state index contributed by atoms with van der Waals surface area (Å²) in [4.78, 5) is 21.4. The van der Waals surface area contributed by atoms with E-state index in [4.69, 9.17) is 0 Å². The molecule has 1 rings (SSSR count). The van der Waals surface area contributed by atoms with Crippen LogP contribution in [0.4, 0.5) is 5.13 Å². The molecule has 19 heavy (non-hydrogen) atoms. The lowest BCUT2D eigenvalue weighted by Crippen LogP contribution is -2.33. The number of rotatable bonds is 6. The number of sulfonamides is 1. The predicted octanol–water partition coefficient (Wildman–Crippen LogP) is -1.09. The molecule has 0 saturated heterocycles. The highest BCUT2D eigenvalue weighted by atomic mass is 32.2. The van der Waals surface area contributed by atoms with E-state index < -0.39 is 10.0 Å². The Morgan fingerprint density at radius 2 is 1.84 bits per heavy atom. The van der Waals surface area contributed by atoms with Crippen molar-refractivity contribution in [3.05, 3.63) is 0 Å². The normalized spacial score (nSPS) is 11.1. The zero-order valence-electron chi connectivity index (χ0n) is 10.3. The fourth-order valence-corrected chi connectivity index (χ4v) is 3.02. The van der Waals surface area contributed by atoms with Gasteiger partial charge in [0.1, 0.15) is 0 Å². The van der Waals surface area contributed by atoms with Crippen LogP contribution in [0.2, 0.25) is 0 Å². The van der Waals surface area contributed by atoms with Crippen molar-refractivity contribution in [1.29, 1.82) is 0 Å². The van der Waals surface area contributed by atoms with Crippen LogP contribution in [0, 0.1) is 0 Å². The summed E-state index contributed by atoms with van der Waals surface area (Å²) < 4.78 is 25.5. The van der Waals surface area contributed by atoms with Gasteiger partial charge in [0.05, 0.1) is 0 Å². The van der Waals surface area contributed by atoms with Crippen molar-refractivity contribution in [2.45, 2.75) is 18.2 Å². The van der Waals surface area contributed by atoms with Crippen LogP contribution in [0.5, 0.6) is 0 Å². The summed E-state index contributed by atoms with van der Waals surface area (Å²) in [6, 6.07) is 0. The molecule has 0 fully saturated rings. The second kappa shape index (κ2) is 6.54. The molecule has 0 unspecified atom stereocenters. The first-order valence-electron chi connectivity index (χ1n) is 5.16. The summed E-state index contributed by atoms with van der Waals surface area (Å²) >= 11 is 0.741. The van der Waals surface area contributed by atoms with E-state index in [-0.39, 0.29) is 34.4 Å². The van der Waals surface area contributed by atoms with E-state index >= 15 is 0 Å². The third-order valence-corrected chi connectivity index (χ3v) is 4.38. The van der Waals surface area contributed by atoms with E-state index in [1.165, 1.54) is 13.8 Å². The minimum Gasteiger partial charge on any atom is -0.355 e. The smallest absolute Gasteiger partial charge is 0.269 e. The Morgan fingerprint density at radius 1 is 1.16 bits per heavy atom. The average Bonchev–Trinajstić information content (AvgIpc) is 2.72. The van der Waals surface area contributed by atoms with Gasteiger partial charge in [0.2, 0.25) is 21.3 Å². The highest BCUT2D eigenvalue weighted by Crippen LogP contribution is 2.19. The maximum absolute atomic E-state index is 11.7. The van der Waals surface area contributed by atoms with Crippen molar-refractivity contribution in [1.82, 2.24) is 20.2 Å². The molecule has 2 amide bonds. The van der Waals surface area contributed by atoms with Gasteiger partial charge >= 0.3 is 0 Å². The van der Waals surface area contributed by atoms with Crippen LogP contribution in [0.1, 0.15) is 13.8 Å². The molecule has 1 heterocycles. The number of hydrogen-bond acceptors (Lipinski definition) is 7. The van der Waals surface area contributed by atoms with Crippen molar-refractivity contribution < 1.29 is 18.0 Å². The Balaban J connectivity index is 2.59. The Kier molecular flexibility index (Phi) is 5.32. The molecule has 0 radical (unpaired) electrons. The number of carbonyl (C=O) groups is 2. The van der Waals surface area contributed by atoms with E-state index in [9.17, 15) is 18.0 Å². The number of anilines is 1. The van der Waals surface area contributed by atoms with Crippen LogP contribution >= 0.6 is 11.3 Å². The zero-order valence-corrected chi connectivity index (χ0v) is 11.9. The van der Waals surface area contributed by atoms with E-state index in [0.717, 1.165) is 11.3 Å². The fraction of sp³-hybridized carbons (Fsp3) is 0.500. The monoisotopic (exact) mass is 307 g/mol. The van der Waals surface area contributed by atoms with Crippen molar-refractivity contribution in [2.24, 2.45) is 0 Å². The molecule has 1 aromatic rings. The summed E-state index contributed by atoms with van der Waals surface area (Å²) in [5.41, 5.74) is 0. The van der Waals surface area contributed by atoms with Gasteiger partial charge in [-0.15, -0.1) is 10.2 Å². The largest absolute Gasteiger partial charge is 0.355 e. The van der Waals surface area contributed by atoms with Gasteiger partial charge in [-0.05, 0) is 0 Å². The third kappa shape index (κ3) is 5.28. The highest BCUT2D eigenvalue weighted by molar-refractivity contribution is 7.91. The summed E-state index contributed by atoms with van der Waals surface area (Å²) in [7, 11) is -3.78. The van der Waals surface area contributed by atoms with Gasteiger partial charge < -0.3 is 10.6 Å². The quantitative estimate of drug-likeness (QED) is 0.452. The van der Waals surface area contributed by atoms with E-state index in [1.807, 2.05) is 0 Å². The van der Waals surface area contributed by atoms with E-state index in [0.29, 0.717) is 0 Å². The van der Waals surface area contributed by atoms with Gasteiger partial charge in [0.25, 0.3) is 10.0 Å². The fourth-order valence-electron chi connectivity index (χ4n) is 1.01. The molecule has 1 aromatic heterocycles. The van der Waals surface area contributed by atoms with Gasteiger partial charge in [0.15, 0.2) is 0 Å². The molecule has 0 aliphatic rings. The molecule has 0 spiro atoms. The van der Waals surface area contributed by atoms with Crippen LogP contribution in [0.3, 0.4) is 0 Å². The van der Waals surface area contributed by atoms with Crippen molar-refractivity contribution in [3.8, 4) is 0 Å². The van der Waals surface area contributed by atoms with Gasteiger partial charge in [-0.3, -0.25) is 9.59 Å². The third-order valence-electron chi connectivity index (χ3n) is 1.71. The molecule has 11 heteroatoms. The first kappa shape index (κ1) is 15.5. The Morgan fingerprint density at radius 3 is 2.42 bits per heavy atom. The average molecular weight is 307 g/mol. The molecular weight excluding hydrogens is 294 g/mol. The second-order valence-electron chi connectivity index (χ2n) is 3.44. The second-order valence-corrected chi connectivity index (χ2v) is 6.35. The van der Waals surface area contributed by atoms with Crippen molar-refractivity contribution in [2.75, 3.05) is 18.4 Å². The first-order chi connectivity index (χ1) is 8.81.